The lowest BCUT2D eigenvalue weighted by Gasteiger charge is -2.18. The van der Waals surface area contributed by atoms with E-state index in [9.17, 15) is 4.79 Å². The number of carbonyl (C=O) groups is 1. The molecule has 1 heterocycles. The van der Waals surface area contributed by atoms with Crippen LogP contribution >= 0.6 is 11.6 Å². The van der Waals surface area contributed by atoms with Crippen LogP contribution in [0.25, 0.3) is 0 Å². The van der Waals surface area contributed by atoms with Crippen molar-refractivity contribution >= 4 is 23.5 Å². The molecule has 0 fully saturated rings. The number of guanidine groups is 1. The van der Waals surface area contributed by atoms with Crippen molar-refractivity contribution in [2.24, 2.45) is 4.99 Å². The second-order valence-corrected chi connectivity index (χ2v) is 6.40. The van der Waals surface area contributed by atoms with E-state index in [1.54, 1.807) is 13.1 Å². The molecule has 0 aliphatic rings. The third kappa shape index (κ3) is 5.81. The summed E-state index contributed by atoms with van der Waals surface area (Å²) in [6.45, 7) is 5.14. The molecule has 0 spiro atoms. The lowest BCUT2D eigenvalue weighted by atomic mass is 10.1. The van der Waals surface area contributed by atoms with Gasteiger partial charge in [0.15, 0.2) is 11.7 Å². The Balaban J connectivity index is 1.69. The Kier molecular flexibility index (Phi) is 7.53. The van der Waals surface area contributed by atoms with E-state index in [1.807, 2.05) is 31.2 Å². The molecule has 0 radical (unpaired) electrons. The Hall–Kier alpha value is -2.47. The van der Waals surface area contributed by atoms with Crippen LogP contribution in [0.5, 0.6) is 0 Å². The van der Waals surface area contributed by atoms with Crippen molar-refractivity contribution in [3.05, 3.63) is 58.5 Å². The summed E-state index contributed by atoms with van der Waals surface area (Å²) >= 11 is 5.92. The second-order valence-electron chi connectivity index (χ2n) is 5.96. The normalized spacial score (nSPS) is 12.5. The van der Waals surface area contributed by atoms with Gasteiger partial charge < -0.3 is 20.4 Å². The van der Waals surface area contributed by atoms with Gasteiger partial charge in [-0.2, -0.15) is 0 Å². The molecule has 1 unspecified atom stereocenters. The average Bonchev–Trinajstić information content (AvgIpc) is 3.06. The van der Waals surface area contributed by atoms with E-state index in [0.29, 0.717) is 24.8 Å². The Labute approximate surface area is 159 Å². The zero-order valence-corrected chi connectivity index (χ0v) is 16.1. The molecule has 7 heteroatoms. The maximum Gasteiger partial charge on any atom is 0.287 e. The summed E-state index contributed by atoms with van der Waals surface area (Å²) in [5.41, 5.74) is 1.96. The van der Waals surface area contributed by atoms with E-state index in [-0.39, 0.29) is 11.9 Å². The highest BCUT2D eigenvalue weighted by molar-refractivity contribution is 6.30. The summed E-state index contributed by atoms with van der Waals surface area (Å²) in [4.78, 5) is 16.2. The summed E-state index contributed by atoms with van der Waals surface area (Å²) in [6, 6.07) is 9.58. The fraction of sp³-hybridized carbons (Fsp3) is 0.368. The molecule has 0 aliphatic carbocycles. The first kappa shape index (κ1) is 19.8. The fourth-order valence-corrected chi connectivity index (χ4v) is 2.54. The van der Waals surface area contributed by atoms with Crippen LogP contribution in [0.15, 0.2) is 46.0 Å². The van der Waals surface area contributed by atoms with Crippen molar-refractivity contribution < 1.29 is 9.21 Å². The average molecular weight is 377 g/mol. The first-order chi connectivity index (χ1) is 12.5. The SMILES string of the molecule is CN=C(NCCCNC(=O)c1occc1C)NC(C)c1ccc(Cl)cc1. The number of benzene rings is 1. The first-order valence-electron chi connectivity index (χ1n) is 8.56. The smallest absolute Gasteiger partial charge is 0.287 e. The minimum Gasteiger partial charge on any atom is -0.459 e. The molecular weight excluding hydrogens is 352 g/mol. The van der Waals surface area contributed by atoms with Gasteiger partial charge in [-0.25, -0.2) is 0 Å². The molecule has 1 amide bonds. The number of nitrogens with one attached hydrogen (secondary N) is 3. The van der Waals surface area contributed by atoms with Crippen LogP contribution < -0.4 is 16.0 Å². The largest absolute Gasteiger partial charge is 0.459 e. The predicted octanol–water partition coefficient (Wildman–Crippen LogP) is 3.29. The molecule has 0 aliphatic heterocycles. The minimum atomic E-state index is -0.189. The number of halogens is 1. The van der Waals surface area contributed by atoms with Crippen molar-refractivity contribution in [3.8, 4) is 0 Å². The summed E-state index contributed by atoms with van der Waals surface area (Å²) in [7, 11) is 1.73. The van der Waals surface area contributed by atoms with Crippen LogP contribution in [-0.2, 0) is 0 Å². The molecule has 2 aromatic rings. The number of furan rings is 1. The van der Waals surface area contributed by atoms with Crippen LogP contribution in [0.3, 0.4) is 0 Å². The predicted molar refractivity (Wildman–Crippen MR) is 105 cm³/mol. The van der Waals surface area contributed by atoms with E-state index in [0.717, 1.165) is 22.6 Å². The molecule has 140 valence electrons. The van der Waals surface area contributed by atoms with Gasteiger partial charge in [-0.3, -0.25) is 9.79 Å². The van der Waals surface area contributed by atoms with Gasteiger partial charge in [0.25, 0.3) is 5.91 Å². The highest BCUT2D eigenvalue weighted by Crippen LogP contribution is 2.15. The lowest BCUT2D eigenvalue weighted by molar-refractivity contribution is 0.0925. The third-order valence-electron chi connectivity index (χ3n) is 3.95. The third-order valence-corrected chi connectivity index (χ3v) is 4.20. The van der Waals surface area contributed by atoms with Gasteiger partial charge >= 0.3 is 0 Å². The zero-order valence-electron chi connectivity index (χ0n) is 15.3. The maximum absolute atomic E-state index is 11.9. The quantitative estimate of drug-likeness (QED) is 0.393. The zero-order chi connectivity index (χ0) is 18.9. The van der Waals surface area contributed by atoms with Crippen LogP contribution in [0.4, 0.5) is 0 Å². The van der Waals surface area contributed by atoms with Crippen molar-refractivity contribution in [1.29, 1.82) is 0 Å². The summed E-state index contributed by atoms with van der Waals surface area (Å²) in [5.74, 6) is 0.888. The summed E-state index contributed by atoms with van der Waals surface area (Å²) < 4.78 is 5.17. The monoisotopic (exact) mass is 376 g/mol. The standard InChI is InChI=1S/C19H25ClN4O2/c1-13-9-12-26-17(13)18(25)22-10-4-11-23-19(21-3)24-14(2)15-5-7-16(20)8-6-15/h5-9,12,14H,4,10-11H2,1-3H3,(H,22,25)(H2,21,23,24). The molecule has 1 aromatic carbocycles. The molecule has 6 nitrogen and oxygen atoms in total. The first-order valence-corrected chi connectivity index (χ1v) is 8.94. The van der Waals surface area contributed by atoms with Crippen molar-refractivity contribution in [3.63, 3.8) is 0 Å². The number of hydrogen-bond donors (Lipinski definition) is 3. The minimum absolute atomic E-state index is 0.0973. The Morgan fingerprint density at radius 3 is 2.50 bits per heavy atom. The number of carbonyl (C=O) groups excluding carboxylic acids is 1. The Morgan fingerprint density at radius 1 is 1.19 bits per heavy atom. The van der Waals surface area contributed by atoms with E-state index in [4.69, 9.17) is 16.0 Å². The molecule has 3 N–H and O–H groups in total. The molecule has 0 bridgehead atoms. The maximum atomic E-state index is 11.9. The molecule has 0 saturated heterocycles. The van der Waals surface area contributed by atoms with E-state index in [2.05, 4.69) is 27.9 Å². The number of nitrogens with zero attached hydrogens (tertiary/aromatic N) is 1. The van der Waals surface area contributed by atoms with Gasteiger partial charge in [-0.15, -0.1) is 0 Å². The van der Waals surface area contributed by atoms with Gasteiger partial charge in [0.2, 0.25) is 0 Å². The van der Waals surface area contributed by atoms with Gasteiger partial charge in [0, 0.05) is 30.7 Å². The van der Waals surface area contributed by atoms with Gasteiger partial charge in [-0.1, -0.05) is 23.7 Å². The Morgan fingerprint density at radius 2 is 1.88 bits per heavy atom. The van der Waals surface area contributed by atoms with Gasteiger partial charge in [0.05, 0.1) is 12.3 Å². The summed E-state index contributed by atoms with van der Waals surface area (Å²) in [6.07, 6.45) is 2.28. The highest BCUT2D eigenvalue weighted by atomic mass is 35.5. The summed E-state index contributed by atoms with van der Waals surface area (Å²) in [5, 5.41) is 10.1. The van der Waals surface area contributed by atoms with Crippen molar-refractivity contribution in [1.82, 2.24) is 16.0 Å². The van der Waals surface area contributed by atoms with Crippen LogP contribution in [0.2, 0.25) is 5.02 Å². The number of aliphatic imine (C=N–C) groups is 1. The molecule has 1 aromatic heterocycles. The molecule has 1 atom stereocenters. The topological polar surface area (TPSA) is 78.7 Å². The highest BCUT2D eigenvalue weighted by Gasteiger charge is 2.11. The van der Waals surface area contributed by atoms with Crippen molar-refractivity contribution in [2.45, 2.75) is 26.3 Å². The van der Waals surface area contributed by atoms with E-state index >= 15 is 0 Å². The van der Waals surface area contributed by atoms with Gasteiger partial charge in [0.1, 0.15) is 0 Å². The number of hydrogen-bond acceptors (Lipinski definition) is 3. The molecule has 0 saturated carbocycles. The molecular formula is C19H25ClN4O2. The second kappa shape index (κ2) is 9.87. The van der Waals surface area contributed by atoms with Crippen LogP contribution in [-0.4, -0.2) is 32.0 Å². The van der Waals surface area contributed by atoms with E-state index in [1.165, 1.54) is 6.26 Å². The van der Waals surface area contributed by atoms with E-state index < -0.39 is 0 Å². The van der Waals surface area contributed by atoms with Gasteiger partial charge in [-0.05, 0) is 44.0 Å². The number of amides is 1. The van der Waals surface area contributed by atoms with Crippen LogP contribution in [0, 0.1) is 6.92 Å². The fourth-order valence-electron chi connectivity index (χ4n) is 2.42. The Bertz CT molecular complexity index is 740. The molecule has 26 heavy (non-hydrogen) atoms. The lowest BCUT2D eigenvalue weighted by Crippen LogP contribution is -2.40. The van der Waals surface area contributed by atoms with Crippen molar-refractivity contribution in [2.75, 3.05) is 20.1 Å². The van der Waals surface area contributed by atoms with Crippen LogP contribution in [0.1, 0.15) is 41.1 Å². The number of aryl methyl sites for hydroxylation is 1. The number of rotatable bonds is 7. The molecule has 2 rings (SSSR count).